The van der Waals surface area contributed by atoms with Gasteiger partial charge in [-0.2, -0.15) is 13.2 Å². The van der Waals surface area contributed by atoms with Gasteiger partial charge in [-0.1, -0.05) is 26.2 Å². The van der Waals surface area contributed by atoms with Crippen molar-refractivity contribution in [3.63, 3.8) is 0 Å². The van der Waals surface area contributed by atoms with E-state index in [1.54, 1.807) is 25.1 Å². The molecule has 1 aromatic rings. The van der Waals surface area contributed by atoms with Gasteiger partial charge in [-0.25, -0.2) is 4.79 Å². The maximum absolute atomic E-state index is 14.2. The van der Waals surface area contributed by atoms with E-state index in [1.165, 1.54) is 16.8 Å². The summed E-state index contributed by atoms with van der Waals surface area (Å²) in [6.45, 7) is 5.68. The summed E-state index contributed by atoms with van der Waals surface area (Å²) >= 11 is 0. The number of carbonyl (C=O) groups excluding carboxylic acids is 3. The molecule has 2 aliphatic rings. The Morgan fingerprint density at radius 3 is 2.48 bits per heavy atom. The Kier molecular flexibility index (Phi) is 14.4. The second-order valence-electron chi connectivity index (χ2n) is 12.8. The molecule has 0 spiro atoms. The van der Waals surface area contributed by atoms with Crippen molar-refractivity contribution >= 4 is 23.5 Å². The van der Waals surface area contributed by atoms with Gasteiger partial charge in [0.2, 0.25) is 5.91 Å². The fourth-order valence-electron chi connectivity index (χ4n) is 5.87. The predicted octanol–water partition coefficient (Wildman–Crippen LogP) is 5.74. The Morgan fingerprint density at radius 2 is 1.80 bits per heavy atom. The average Bonchev–Trinajstić information content (AvgIpc) is 3.01. The number of halogens is 3. The minimum Gasteiger partial charge on any atom is -0.490 e. The molecule has 1 aromatic carbocycles. The van der Waals surface area contributed by atoms with Crippen LogP contribution in [0.4, 0.5) is 23.7 Å². The molecule has 0 bridgehead atoms. The van der Waals surface area contributed by atoms with Crippen molar-refractivity contribution in [1.29, 1.82) is 0 Å². The molecule has 0 saturated heterocycles. The van der Waals surface area contributed by atoms with Crippen molar-refractivity contribution in [3.05, 3.63) is 23.8 Å². The van der Waals surface area contributed by atoms with E-state index in [0.29, 0.717) is 30.9 Å². The number of hydrogen-bond donors (Lipinski definition) is 3. The number of ether oxygens (including phenoxy) is 2. The van der Waals surface area contributed by atoms with E-state index in [2.05, 4.69) is 10.6 Å². The molecule has 0 unspecified atom stereocenters. The van der Waals surface area contributed by atoms with Crippen LogP contribution in [0.3, 0.4) is 0 Å². The number of rotatable bonds is 8. The number of anilines is 1. The van der Waals surface area contributed by atoms with Crippen molar-refractivity contribution in [2.45, 2.75) is 115 Å². The number of likely N-dealkylation sites (N-methyl/N-ethyl adjacent to an activating group) is 1. The molecule has 3 N–H and O–H groups in total. The fraction of sp³-hybridized carbons (Fsp3) is 0.727. The molecule has 4 amide bonds. The molecule has 46 heavy (non-hydrogen) atoms. The van der Waals surface area contributed by atoms with Gasteiger partial charge in [-0.05, 0) is 64.2 Å². The molecule has 3 rings (SSSR count). The minimum absolute atomic E-state index is 0.0493. The van der Waals surface area contributed by atoms with Crippen molar-refractivity contribution < 1.29 is 42.1 Å². The van der Waals surface area contributed by atoms with E-state index in [0.717, 1.165) is 38.5 Å². The topological polar surface area (TPSA) is 120 Å². The normalized spacial score (nSPS) is 23.0. The standard InChI is InChI=1S/C33H51F3N4O6/c1-22-19-40(23(2)21-41)31(43)27-18-26(38-32(44)37-25-11-6-5-7-12-25)13-14-28(27)46-24(3)10-8-9-17-45-29(22)20-39(4)30(42)15-16-33(34,35)36/h13-14,18,22-25,29,41H,5-12,15-17,19-21H2,1-4H3,(H2,37,38,44)/t22-,23-,24+,29-/m1/s1. The highest BCUT2D eigenvalue weighted by molar-refractivity contribution is 5.99. The second kappa shape index (κ2) is 17.7. The number of fused-ring (bicyclic) bond motifs is 1. The number of alkyl halides is 3. The zero-order valence-electron chi connectivity index (χ0n) is 27.5. The smallest absolute Gasteiger partial charge is 0.389 e. The van der Waals surface area contributed by atoms with Crippen LogP contribution in [0.1, 0.15) is 95.3 Å². The van der Waals surface area contributed by atoms with E-state index in [4.69, 9.17) is 9.47 Å². The largest absolute Gasteiger partial charge is 0.490 e. The van der Waals surface area contributed by atoms with Crippen molar-refractivity contribution in [2.75, 3.05) is 38.7 Å². The zero-order valence-corrected chi connectivity index (χ0v) is 27.5. The van der Waals surface area contributed by atoms with Gasteiger partial charge < -0.3 is 35.0 Å². The summed E-state index contributed by atoms with van der Waals surface area (Å²) in [6, 6.07) is 4.10. The summed E-state index contributed by atoms with van der Waals surface area (Å²) in [4.78, 5) is 42.3. The van der Waals surface area contributed by atoms with Gasteiger partial charge in [0, 0.05) is 50.8 Å². The van der Waals surface area contributed by atoms with E-state index in [9.17, 15) is 32.7 Å². The van der Waals surface area contributed by atoms with Gasteiger partial charge in [0.25, 0.3) is 5.91 Å². The maximum atomic E-state index is 14.2. The molecule has 4 atom stereocenters. The molecule has 1 aliphatic carbocycles. The Morgan fingerprint density at radius 1 is 1.11 bits per heavy atom. The molecular formula is C33H51F3N4O6. The highest BCUT2D eigenvalue weighted by atomic mass is 19.4. The number of nitrogens with zero attached hydrogens (tertiary/aromatic N) is 2. The SMILES string of the molecule is C[C@@H]1CN([C@H](C)CO)C(=O)c2cc(NC(=O)NC3CCCCC3)ccc2O[C@@H](C)CCCCO[C@@H]1CN(C)C(=O)CCC(F)(F)F. The number of urea groups is 1. The maximum Gasteiger partial charge on any atom is 0.389 e. The monoisotopic (exact) mass is 656 g/mol. The summed E-state index contributed by atoms with van der Waals surface area (Å²) in [5.41, 5.74) is 0.645. The van der Waals surface area contributed by atoms with Gasteiger partial charge in [0.05, 0.1) is 36.8 Å². The van der Waals surface area contributed by atoms with Gasteiger partial charge in [0.1, 0.15) is 5.75 Å². The van der Waals surface area contributed by atoms with E-state index in [1.807, 2.05) is 13.8 Å². The Balaban J connectivity index is 1.86. The van der Waals surface area contributed by atoms with Crippen LogP contribution in [0.5, 0.6) is 5.75 Å². The van der Waals surface area contributed by atoms with Crippen LogP contribution in [0, 0.1) is 5.92 Å². The van der Waals surface area contributed by atoms with Crippen LogP contribution < -0.4 is 15.4 Å². The summed E-state index contributed by atoms with van der Waals surface area (Å²) in [5.74, 6) is -1.06. The molecule has 13 heteroatoms. The quantitative estimate of drug-likeness (QED) is 0.329. The van der Waals surface area contributed by atoms with Gasteiger partial charge >= 0.3 is 12.2 Å². The number of aliphatic hydroxyl groups is 1. The number of benzene rings is 1. The van der Waals surface area contributed by atoms with E-state index < -0.39 is 43.0 Å². The van der Waals surface area contributed by atoms with E-state index >= 15 is 0 Å². The summed E-state index contributed by atoms with van der Waals surface area (Å²) in [6.07, 6.45) is 0.193. The van der Waals surface area contributed by atoms with Crippen LogP contribution in [0.25, 0.3) is 0 Å². The molecule has 1 aliphatic heterocycles. The average molecular weight is 657 g/mol. The lowest BCUT2D eigenvalue weighted by atomic mass is 9.96. The molecule has 1 heterocycles. The third-order valence-electron chi connectivity index (χ3n) is 8.75. The van der Waals surface area contributed by atoms with Crippen LogP contribution >= 0.6 is 0 Å². The van der Waals surface area contributed by atoms with E-state index in [-0.39, 0.29) is 49.4 Å². The van der Waals surface area contributed by atoms with Gasteiger partial charge in [-0.15, -0.1) is 0 Å². The molecule has 1 fully saturated rings. The predicted molar refractivity (Wildman–Crippen MR) is 169 cm³/mol. The molecule has 260 valence electrons. The Hall–Kier alpha value is -3.06. The second-order valence-corrected chi connectivity index (χ2v) is 12.8. The minimum atomic E-state index is -4.43. The zero-order chi connectivity index (χ0) is 33.9. The first-order chi connectivity index (χ1) is 21.8. The lowest BCUT2D eigenvalue weighted by molar-refractivity contribution is -0.149. The van der Waals surface area contributed by atoms with Crippen LogP contribution in [-0.4, -0.2) is 96.6 Å². The molecule has 1 saturated carbocycles. The number of nitrogens with one attached hydrogen (secondary N) is 2. The third-order valence-corrected chi connectivity index (χ3v) is 8.75. The number of aliphatic hydroxyl groups excluding tert-OH is 1. The van der Waals surface area contributed by atoms with Gasteiger partial charge in [-0.3, -0.25) is 9.59 Å². The first-order valence-electron chi connectivity index (χ1n) is 16.5. The van der Waals surface area contributed by atoms with Crippen molar-refractivity contribution in [1.82, 2.24) is 15.1 Å². The van der Waals surface area contributed by atoms with Gasteiger partial charge in [0.15, 0.2) is 0 Å². The highest BCUT2D eigenvalue weighted by Crippen LogP contribution is 2.29. The first kappa shape index (κ1) is 37.4. The number of carbonyl (C=O) groups is 3. The Labute approximate surface area is 270 Å². The number of hydrogen-bond acceptors (Lipinski definition) is 6. The first-order valence-corrected chi connectivity index (χ1v) is 16.5. The molecule has 10 nitrogen and oxygen atoms in total. The van der Waals surface area contributed by atoms with Crippen LogP contribution in [0.15, 0.2) is 18.2 Å². The van der Waals surface area contributed by atoms with Crippen molar-refractivity contribution in [2.24, 2.45) is 5.92 Å². The highest BCUT2D eigenvalue weighted by Gasteiger charge is 2.32. The summed E-state index contributed by atoms with van der Waals surface area (Å²) < 4.78 is 50.6. The Bertz CT molecular complexity index is 1150. The fourth-order valence-corrected chi connectivity index (χ4v) is 5.87. The van der Waals surface area contributed by atoms with Crippen LogP contribution in [-0.2, 0) is 9.53 Å². The van der Waals surface area contributed by atoms with Crippen LogP contribution in [0.2, 0.25) is 0 Å². The van der Waals surface area contributed by atoms with Crippen molar-refractivity contribution in [3.8, 4) is 5.75 Å². The lowest BCUT2D eigenvalue weighted by Gasteiger charge is -2.36. The summed E-state index contributed by atoms with van der Waals surface area (Å²) in [7, 11) is 1.45. The third kappa shape index (κ3) is 11.9. The number of amides is 4. The molecular weight excluding hydrogens is 605 g/mol. The lowest BCUT2D eigenvalue weighted by Crippen LogP contribution is -2.48. The molecule has 0 aromatic heterocycles. The molecule has 0 radical (unpaired) electrons. The summed E-state index contributed by atoms with van der Waals surface area (Å²) in [5, 5.41) is 16.0.